The number of benzene rings is 3. The maximum Gasteiger partial charge on any atom is 0.196 e. The fourth-order valence-electron chi connectivity index (χ4n) is 6.12. The molecule has 0 amide bonds. The van der Waals surface area contributed by atoms with Gasteiger partial charge < -0.3 is 19.7 Å². The first-order chi connectivity index (χ1) is 18.0. The van der Waals surface area contributed by atoms with E-state index >= 15 is 0 Å². The minimum atomic E-state index is -1.06. The van der Waals surface area contributed by atoms with Gasteiger partial charge in [0.05, 0.1) is 25.4 Å². The number of hydrogen-bond acceptors (Lipinski definition) is 6. The zero-order valence-electron chi connectivity index (χ0n) is 21.7. The van der Waals surface area contributed by atoms with Gasteiger partial charge in [-0.2, -0.15) is 0 Å². The molecule has 4 unspecified atom stereocenters. The Kier molecular flexibility index (Phi) is 7.77. The van der Waals surface area contributed by atoms with E-state index in [0.29, 0.717) is 19.6 Å². The Morgan fingerprint density at radius 1 is 0.730 bits per heavy atom. The van der Waals surface area contributed by atoms with E-state index in [9.17, 15) is 10.2 Å². The molecule has 2 saturated heterocycles. The molecule has 2 heterocycles. The quantitative estimate of drug-likeness (QED) is 0.465. The predicted molar refractivity (Wildman–Crippen MR) is 144 cm³/mol. The molecule has 0 aromatic heterocycles. The van der Waals surface area contributed by atoms with Crippen LogP contribution in [0.1, 0.15) is 30.5 Å². The third kappa shape index (κ3) is 4.52. The van der Waals surface area contributed by atoms with Crippen LogP contribution in [0.5, 0.6) is 0 Å². The van der Waals surface area contributed by atoms with Crippen LogP contribution in [-0.2, 0) is 27.3 Å². The molecule has 37 heavy (non-hydrogen) atoms. The molecule has 2 fully saturated rings. The van der Waals surface area contributed by atoms with Crippen molar-refractivity contribution in [3.63, 3.8) is 0 Å². The van der Waals surface area contributed by atoms with Gasteiger partial charge in [0.1, 0.15) is 0 Å². The second-order valence-electron chi connectivity index (χ2n) is 10.3. The van der Waals surface area contributed by atoms with Crippen molar-refractivity contribution in [2.45, 2.75) is 50.0 Å². The topological polar surface area (TPSA) is 65.4 Å². The van der Waals surface area contributed by atoms with E-state index in [2.05, 4.69) is 72.2 Å². The van der Waals surface area contributed by atoms with Crippen molar-refractivity contribution in [3.8, 4) is 0 Å². The third-order valence-corrected chi connectivity index (χ3v) is 7.68. The molecule has 0 saturated carbocycles. The first kappa shape index (κ1) is 26.0. The molecule has 3 aromatic rings. The van der Waals surface area contributed by atoms with Crippen LogP contribution in [0.25, 0.3) is 0 Å². The second-order valence-corrected chi connectivity index (χ2v) is 10.3. The minimum Gasteiger partial charge on any atom is -0.394 e. The van der Waals surface area contributed by atoms with Crippen molar-refractivity contribution in [1.82, 2.24) is 9.80 Å². The summed E-state index contributed by atoms with van der Waals surface area (Å²) in [4.78, 5) is 4.67. The fraction of sp³-hybridized carbons (Fsp3) is 0.419. The molecule has 196 valence electrons. The summed E-state index contributed by atoms with van der Waals surface area (Å²) in [5.74, 6) is 0. The van der Waals surface area contributed by atoms with Gasteiger partial charge in [0, 0.05) is 36.8 Å². The summed E-state index contributed by atoms with van der Waals surface area (Å²) in [7, 11) is 0. The largest absolute Gasteiger partial charge is 0.394 e. The van der Waals surface area contributed by atoms with Gasteiger partial charge in [-0.05, 0) is 25.8 Å². The number of ether oxygens (including phenoxy) is 2. The van der Waals surface area contributed by atoms with Crippen molar-refractivity contribution in [2.24, 2.45) is 0 Å². The van der Waals surface area contributed by atoms with Crippen LogP contribution in [-0.4, -0.2) is 71.1 Å². The van der Waals surface area contributed by atoms with Crippen molar-refractivity contribution < 1.29 is 19.7 Å². The smallest absolute Gasteiger partial charge is 0.196 e. The van der Waals surface area contributed by atoms with Gasteiger partial charge in [0.15, 0.2) is 11.4 Å². The van der Waals surface area contributed by atoms with Gasteiger partial charge in [-0.15, -0.1) is 0 Å². The Bertz CT molecular complexity index is 1130. The molecule has 2 N–H and O–H groups in total. The van der Waals surface area contributed by atoms with E-state index in [4.69, 9.17) is 9.47 Å². The Labute approximate surface area is 220 Å². The normalized spacial score (nSPS) is 28.8. The summed E-state index contributed by atoms with van der Waals surface area (Å²) in [6, 6.07) is 31.0. The van der Waals surface area contributed by atoms with Gasteiger partial charge in [0.25, 0.3) is 0 Å². The lowest BCUT2D eigenvalue weighted by Crippen LogP contribution is -2.65. The highest BCUT2D eigenvalue weighted by Crippen LogP contribution is 2.57. The molecule has 6 nitrogen and oxygen atoms in total. The lowest BCUT2D eigenvalue weighted by molar-refractivity contribution is -0.304. The third-order valence-electron chi connectivity index (χ3n) is 7.68. The minimum absolute atomic E-state index is 0.0872. The maximum absolute atomic E-state index is 10.4. The van der Waals surface area contributed by atoms with Crippen LogP contribution in [0.3, 0.4) is 0 Å². The molecule has 4 atom stereocenters. The van der Waals surface area contributed by atoms with Crippen LogP contribution < -0.4 is 0 Å². The highest BCUT2D eigenvalue weighted by atomic mass is 16.6. The summed E-state index contributed by atoms with van der Waals surface area (Å²) >= 11 is 0. The zero-order chi connectivity index (χ0) is 25.9. The number of aliphatic hydroxyl groups is 2. The molecule has 2 aliphatic heterocycles. The van der Waals surface area contributed by atoms with Crippen molar-refractivity contribution in [2.75, 3.05) is 32.8 Å². The molecule has 0 bridgehead atoms. The average Bonchev–Trinajstić information content (AvgIpc) is 3.54. The van der Waals surface area contributed by atoms with Gasteiger partial charge in [0.2, 0.25) is 0 Å². The molecule has 3 aromatic carbocycles. The maximum atomic E-state index is 10.4. The second kappa shape index (κ2) is 11.0. The lowest BCUT2D eigenvalue weighted by atomic mass is 9.82. The Balaban J connectivity index is 1.74. The highest BCUT2D eigenvalue weighted by Gasteiger charge is 2.69. The Hall–Kier alpha value is -2.58. The van der Waals surface area contributed by atoms with Crippen molar-refractivity contribution >= 4 is 0 Å². The van der Waals surface area contributed by atoms with Crippen LogP contribution in [0.15, 0.2) is 91.0 Å². The van der Waals surface area contributed by atoms with Gasteiger partial charge in [-0.1, -0.05) is 91.0 Å². The molecule has 2 aliphatic rings. The first-order valence-corrected chi connectivity index (χ1v) is 13.3. The summed E-state index contributed by atoms with van der Waals surface area (Å²) in [6.45, 7) is 5.98. The van der Waals surface area contributed by atoms with Crippen molar-refractivity contribution in [1.29, 1.82) is 0 Å². The van der Waals surface area contributed by atoms with E-state index in [1.165, 1.54) is 5.56 Å². The molecule has 0 spiro atoms. The predicted octanol–water partition coefficient (Wildman–Crippen LogP) is 3.73. The number of aliphatic hydroxyl groups excluding tert-OH is 2. The average molecular weight is 503 g/mol. The lowest BCUT2D eigenvalue weighted by Gasteiger charge is -2.54. The van der Waals surface area contributed by atoms with Crippen LogP contribution in [0, 0.1) is 0 Å². The van der Waals surface area contributed by atoms with Crippen LogP contribution >= 0.6 is 0 Å². The summed E-state index contributed by atoms with van der Waals surface area (Å²) in [5, 5.41) is 20.7. The van der Waals surface area contributed by atoms with Gasteiger partial charge in [-0.3, -0.25) is 9.80 Å². The van der Waals surface area contributed by atoms with E-state index in [1.54, 1.807) is 0 Å². The summed E-state index contributed by atoms with van der Waals surface area (Å²) < 4.78 is 14.0. The molecule has 5 rings (SSSR count). The number of rotatable bonds is 9. The Morgan fingerprint density at radius 2 is 1.22 bits per heavy atom. The molecular weight excluding hydrogens is 464 g/mol. The fourth-order valence-corrected chi connectivity index (χ4v) is 6.12. The molecule has 0 aliphatic carbocycles. The first-order valence-electron chi connectivity index (χ1n) is 13.3. The standard InChI is InChI=1S/C31H38N2O4/c1-24(2)33-21-29(23-35)37-31(33,27-16-10-5-11-17-27)30(26-14-8-4-9-15-26)32(20-28(22-34)36-30)19-18-25-12-6-3-7-13-25/h3-17,24,28-29,34-35H,18-23H2,1-2H3. The molecule has 6 heteroatoms. The molecule has 0 radical (unpaired) electrons. The van der Waals surface area contributed by atoms with Crippen molar-refractivity contribution in [3.05, 3.63) is 108 Å². The van der Waals surface area contributed by atoms with E-state index < -0.39 is 11.4 Å². The van der Waals surface area contributed by atoms with E-state index in [1.807, 2.05) is 42.5 Å². The highest BCUT2D eigenvalue weighted by molar-refractivity contribution is 5.36. The van der Waals surface area contributed by atoms with E-state index in [0.717, 1.165) is 17.5 Å². The zero-order valence-corrected chi connectivity index (χ0v) is 21.7. The van der Waals surface area contributed by atoms with Crippen LogP contribution in [0.2, 0.25) is 0 Å². The molecular formula is C31H38N2O4. The van der Waals surface area contributed by atoms with Gasteiger partial charge in [-0.25, -0.2) is 0 Å². The van der Waals surface area contributed by atoms with Gasteiger partial charge >= 0.3 is 0 Å². The Morgan fingerprint density at radius 3 is 1.76 bits per heavy atom. The number of nitrogens with zero attached hydrogens (tertiary/aromatic N) is 2. The monoisotopic (exact) mass is 502 g/mol. The summed E-state index contributed by atoms with van der Waals surface area (Å²) in [6.07, 6.45) is 0.0608. The number of hydrogen-bond donors (Lipinski definition) is 2. The van der Waals surface area contributed by atoms with Crippen LogP contribution in [0.4, 0.5) is 0 Å². The SMILES string of the molecule is CC(C)N1CC(CO)OC1(c1ccccc1)C1(c2ccccc2)OC(CO)CN1CCc1ccccc1. The van der Waals surface area contributed by atoms with E-state index in [-0.39, 0.29) is 31.5 Å². The summed E-state index contributed by atoms with van der Waals surface area (Å²) in [5.41, 5.74) is 1.05.